The first-order valence-corrected chi connectivity index (χ1v) is 8.42. The predicted molar refractivity (Wildman–Crippen MR) is 99.5 cm³/mol. The summed E-state index contributed by atoms with van der Waals surface area (Å²) in [4.78, 5) is 16.1. The van der Waals surface area contributed by atoms with Gasteiger partial charge in [-0.2, -0.15) is 9.97 Å². The second kappa shape index (κ2) is 6.84. The first-order valence-electron chi connectivity index (χ1n) is 8.42. The van der Waals surface area contributed by atoms with E-state index in [1.165, 1.54) is 6.07 Å². The summed E-state index contributed by atoms with van der Waals surface area (Å²) in [6.07, 6.45) is 6.83. The van der Waals surface area contributed by atoms with Gasteiger partial charge in [0.1, 0.15) is 5.65 Å². The molecule has 0 bridgehead atoms. The topological polar surface area (TPSA) is 89.4 Å². The molecular formula is C18H19FN6O2. The van der Waals surface area contributed by atoms with Crippen molar-refractivity contribution in [3.63, 3.8) is 0 Å². The summed E-state index contributed by atoms with van der Waals surface area (Å²) in [6, 6.07) is 1.47. The molecule has 0 aromatic carbocycles. The largest absolute Gasteiger partial charge is 0.480 e. The van der Waals surface area contributed by atoms with Crippen LogP contribution >= 0.6 is 0 Å². The molecule has 4 rings (SSSR count). The van der Waals surface area contributed by atoms with E-state index in [4.69, 9.17) is 9.47 Å². The molecule has 9 heteroatoms. The van der Waals surface area contributed by atoms with Gasteiger partial charge >= 0.3 is 0 Å². The molecule has 1 atom stereocenters. The van der Waals surface area contributed by atoms with Crippen LogP contribution in [-0.4, -0.2) is 51.2 Å². The van der Waals surface area contributed by atoms with Crippen LogP contribution in [0.4, 0.5) is 10.3 Å². The van der Waals surface area contributed by atoms with Crippen molar-refractivity contribution >= 4 is 22.6 Å². The molecular weight excluding hydrogens is 351 g/mol. The zero-order chi connectivity index (χ0) is 19.0. The van der Waals surface area contributed by atoms with Crippen molar-refractivity contribution in [1.29, 1.82) is 0 Å². The van der Waals surface area contributed by atoms with Gasteiger partial charge in [-0.05, 0) is 13.0 Å². The number of halogens is 1. The van der Waals surface area contributed by atoms with E-state index < -0.39 is 5.82 Å². The average molecular weight is 370 g/mol. The zero-order valence-electron chi connectivity index (χ0n) is 15.2. The number of rotatable bonds is 6. The number of methoxy groups -OCH3 is 2. The van der Waals surface area contributed by atoms with Crippen molar-refractivity contribution in [3.8, 4) is 17.0 Å². The van der Waals surface area contributed by atoms with Crippen LogP contribution in [-0.2, 0) is 4.74 Å². The number of fused-ring (bicyclic) bond motifs is 2. The summed E-state index contributed by atoms with van der Waals surface area (Å²) in [6.45, 7) is 2.48. The maximum atomic E-state index is 14.4. The maximum Gasteiger partial charge on any atom is 0.228 e. The Kier molecular flexibility index (Phi) is 4.36. The molecule has 0 aliphatic carbocycles. The molecule has 4 heterocycles. The SMILES string of the molecule is COC[C@@H](C)Nc1nc(OC)c2c(-c3cc(F)c4nccn4c3)c[nH]c2n1. The van der Waals surface area contributed by atoms with E-state index in [-0.39, 0.29) is 11.7 Å². The van der Waals surface area contributed by atoms with Crippen molar-refractivity contribution in [3.05, 3.63) is 36.7 Å². The first kappa shape index (κ1) is 17.2. The first-order chi connectivity index (χ1) is 13.1. The molecule has 2 N–H and O–H groups in total. The van der Waals surface area contributed by atoms with Gasteiger partial charge in [-0.15, -0.1) is 0 Å². The fourth-order valence-corrected chi connectivity index (χ4v) is 3.09. The van der Waals surface area contributed by atoms with Gasteiger partial charge in [0.25, 0.3) is 0 Å². The number of nitrogens with one attached hydrogen (secondary N) is 2. The Bertz CT molecular complexity index is 1110. The standard InChI is InChI=1S/C18H19FN6O2/c1-10(9-26-2)22-18-23-15-14(17(24-18)27-3)12(7-21-15)11-6-13(19)16-20-4-5-25(16)8-11/h4-8,10H,9H2,1-3H3,(H2,21,22,23,24)/t10-/m1/s1. The fourth-order valence-electron chi connectivity index (χ4n) is 3.09. The van der Waals surface area contributed by atoms with Crippen LogP contribution in [0.3, 0.4) is 0 Å². The summed E-state index contributed by atoms with van der Waals surface area (Å²) in [5, 5.41) is 3.85. The van der Waals surface area contributed by atoms with E-state index in [2.05, 4.69) is 25.3 Å². The molecule has 0 fully saturated rings. The van der Waals surface area contributed by atoms with E-state index in [0.29, 0.717) is 35.0 Å². The van der Waals surface area contributed by atoms with Gasteiger partial charge in [-0.3, -0.25) is 0 Å². The Morgan fingerprint density at radius 2 is 2.19 bits per heavy atom. The van der Waals surface area contributed by atoms with E-state index in [0.717, 1.165) is 5.56 Å². The van der Waals surface area contributed by atoms with Gasteiger partial charge in [0, 0.05) is 49.1 Å². The van der Waals surface area contributed by atoms with Gasteiger partial charge in [0.2, 0.25) is 11.8 Å². The highest BCUT2D eigenvalue weighted by Gasteiger charge is 2.18. The number of imidazole rings is 1. The molecule has 0 aliphatic heterocycles. The molecule has 0 aliphatic rings. The molecule has 4 aromatic heterocycles. The lowest BCUT2D eigenvalue weighted by molar-refractivity contribution is 0.190. The molecule has 0 unspecified atom stereocenters. The fraction of sp³-hybridized carbons (Fsp3) is 0.278. The molecule has 0 spiro atoms. The highest BCUT2D eigenvalue weighted by Crippen LogP contribution is 2.34. The molecule has 0 amide bonds. The summed E-state index contributed by atoms with van der Waals surface area (Å²) in [5.41, 5.74) is 2.28. The third-order valence-corrected chi connectivity index (χ3v) is 4.24. The number of pyridine rings is 1. The van der Waals surface area contributed by atoms with Crippen LogP contribution in [0.5, 0.6) is 5.88 Å². The minimum Gasteiger partial charge on any atom is -0.480 e. The second-order valence-corrected chi connectivity index (χ2v) is 6.22. The van der Waals surface area contributed by atoms with Gasteiger partial charge in [0.05, 0.1) is 19.1 Å². The predicted octanol–water partition coefficient (Wildman–Crippen LogP) is 2.87. The van der Waals surface area contributed by atoms with E-state index in [9.17, 15) is 4.39 Å². The molecule has 27 heavy (non-hydrogen) atoms. The number of ether oxygens (including phenoxy) is 2. The molecule has 0 saturated carbocycles. The quantitative estimate of drug-likeness (QED) is 0.542. The highest BCUT2D eigenvalue weighted by molar-refractivity contribution is 5.97. The van der Waals surface area contributed by atoms with Crippen LogP contribution < -0.4 is 10.1 Å². The smallest absolute Gasteiger partial charge is 0.228 e. The zero-order valence-corrected chi connectivity index (χ0v) is 15.2. The minimum absolute atomic E-state index is 0.0318. The van der Waals surface area contributed by atoms with Crippen LogP contribution in [0.2, 0.25) is 0 Å². The van der Waals surface area contributed by atoms with Gasteiger partial charge in [-0.25, -0.2) is 9.37 Å². The Labute approximate surface area is 154 Å². The van der Waals surface area contributed by atoms with Crippen LogP contribution in [0.1, 0.15) is 6.92 Å². The lowest BCUT2D eigenvalue weighted by Gasteiger charge is -2.13. The molecule has 0 saturated heterocycles. The van der Waals surface area contributed by atoms with Crippen LogP contribution in [0.15, 0.2) is 30.9 Å². The van der Waals surface area contributed by atoms with E-state index in [1.54, 1.807) is 43.4 Å². The monoisotopic (exact) mass is 370 g/mol. The lowest BCUT2D eigenvalue weighted by Crippen LogP contribution is -2.22. The normalized spacial score (nSPS) is 12.6. The molecule has 8 nitrogen and oxygen atoms in total. The molecule has 0 radical (unpaired) electrons. The molecule has 140 valence electrons. The number of nitrogens with zero attached hydrogens (tertiary/aromatic N) is 4. The third-order valence-electron chi connectivity index (χ3n) is 4.24. The number of H-pyrrole nitrogens is 1. The van der Waals surface area contributed by atoms with Gasteiger partial charge in [0.15, 0.2) is 11.5 Å². The van der Waals surface area contributed by atoms with Crippen LogP contribution in [0.25, 0.3) is 27.8 Å². The third kappa shape index (κ3) is 3.06. The second-order valence-electron chi connectivity index (χ2n) is 6.22. The van der Waals surface area contributed by atoms with Crippen molar-refractivity contribution in [1.82, 2.24) is 24.3 Å². The summed E-state index contributed by atoms with van der Waals surface area (Å²) in [7, 11) is 3.18. The Hall–Kier alpha value is -3.20. The van der Waals surface area contributed by atoms with Crippen molar-refractivity contribution in [2.75, 3.05) is 26.1 Å². The maximum absolute atomic E-state index is 14.4. The number of anilines is 1. The van der Waals surface area contributed by atoms with Crippen LogP contribution in [0, 0.1) is 5.82 Å². The van der Waals surface area contributed by atoms with Crippen molar-refractivity contribution < 1.29 is 13.9 Å². The Balaban J connectivity index is 1.82. The van der Waals surface area contributed by atoms with Crippen molar-refractivity contribution in [2.45, 2.75) is 13.0 Å². The van der Waals surface area contributed by atoms with Gasteiger partial charge in [-0.1, -0.05) is 0 Å². The average Bonchev–Trinajstić information content (AvgIpc) is 3.28. The highest BCUT2D eigenvalue weighted by atomic mass is 19.1. The van der Waals surface area contributed by atoms with Gasteiger partial charge < -0.3 is 24.2 Å². The summed E-state index contributed by atoms with van der Waals surface area (Å²) >= 11 is 0. The number of hydrogen-bond donors (Lipinski definition) is 2. The number of hydrogen-bond acceptors (Lipinski definition) is 6. The number of aromatic amines is 1. The summed E-state index contributed by atoms with van der Waals surface area (Å²) < 4.78 is 26.6. The Morgan fingerprint density at radius 1 is 1.33 bits per heavy atom. The molecule has 4 aromatic rings. The van der Waals surface area contributed by atoms with Crippen molar-refractivity contribution in [2.24, 2.45) is 0 Å². The van der Waals surface area contributed by atoms with E-state index in [1.807, 2.05) is 6.92 Å². The minimum atomic E-state index is -0.404. The lowest BCUT2D eigenvalue weighted by atomic mass is 10.1. The Morgan fingerprint density at radius 3 is 2.96 bits per heavy atom. The van der Waals surface area contributed by atoms with E-state index >= 15 is 0 Å². The number of aromatic nitrogens is 5. The summed E-state index contributed by atoms with van der Waals surface area (Å²) in [5.74, 6) is 0.418.